The Hall–Kier alpha value is -1.59. The molecule has 1 aliphatic rings. The average Bonchev–Trinajstić information content (AvgIpc) is 2.46. The molecule has 1 aliphatic heterocycles. The van der Waals surface area contributed by atoms with Crippen LogP contribution in [-0.4, -0.2) is 36.2 Å². The molecule has 1 unspecified atom stereocenters. The molecule has 21 heavy (non-hydrogen) atoms. The van der Waals surface area contributed by atoms with Crippen LogP contribution < -0.4 is 4.90 Å². The lowest BCUT2D eigenvalue weighted by Crippen LogP contribution is -2.38. The second kappa shape index (κ2) is 7.43. The molecule has 0 spiro atoms. The molecule has 1 N–H and O–H groups in total. The molecule has 1 heterocycles. The summed E-state index contributed by atoms with van der Waals surface area (Å²) in [4.78, 5) is 24.6. The van der Waals surface area contributed by atoms with Gasteiger partial charge in [0.05, 0.1) is 12.5 Å². The zero-order valence-electron chi connectivity index (χ0n) is 11.6. The Kier molecular flexibility index (Phi) is 5.59. The predicted molar refractivity (Wildman–Crippen MR) is 79.6 cm³/mol. The van der Waals surface area contributed by atoms with Crippen molar-refractivity contribution in [3.63, 3.8) is 0 Å². The smallest absolute Gasteiger partial charge is 0.323 e. The molecule has 0 aliphatic carbocycles. The van der Waals surface area contributed by atoms with Crippen LogP contribution in [0.15, 0.2) is 24.3 Å². The van der Waals surface area contributed by atoms with Crippen molar-refractivity contribution >= 4 is 29.2 Å². The molecule has 1 amide bonds. The summed E-state index contributed by atoms with van der Waals surface area (Å²) in [5.41, 5.74) is 0.530. The quantitative estimate of drug-likeness (QED) is 0.908. The summed E-state index contributed by atoms with van der Waals surface area (Å²) in [5, 5.41) is 9.54. The van der Waals surface area contributed by atoms with Crippen LogP contribution >= 0.6 is 11.6 Å². The number of nitrogens with zero attached hydrogens (tertiary/aromatic N) is 1. The molecular formula is C15H18ClNO4. The van der Waals surface area contributed by atoms with Crippen molar-refractivity contribution < 1.29 is 19.4 Å². The maximum Gasteiger partial charge on any atom is 0.323 e. The number of aliphatic carboxylic acids is 1. The SMILES string of the molecule is O=C(O)CN(C(=O)CC1CCCCO1)c1ccc(Cl)cc1. The normalized spacial score (nSPS) is 18.2. The van der Waals surface area contributed by atoms with Gasteiger partial charge in [0, 0.05) is 17.3 Å². The molecule has 0 radical (unpaired) electrons. The summed E-state index contributed by atoms with van der Waals surface area (Å²) >= 11 is 5.82. The fourth-order valence-electron chi connectivity index (χ4n) is 2.35. The number of ether oxygens (including phenoxy) is 1. The number of carboxylic acid groups (broad SMARTS) is 1. The molecule has 1 saturated heterocycles. The van der Waals surface area contributed by atoms with Crippen LogP contribution in [-0.2, 0) is 14.3 Å². The number of rotatable bonds is 5. The number of hydrogen-bond acceptors (Lipinski definition) is 3. The molecule has 1 aromatic rings. The van der Waals surface area contributed by atoms with Gasteiger partial charge in [0.15, 0.2) is 0 Å². The van der Waals surface area contributed by atoms with E-state index in [-0.39, 0.29) is 25.0 Å². The summed E-state index contributed by atoms with van der Waals surface area (Å²) < 4.78 is 5.54. The minimum atomic E-state index is -1.05. The van der Waals surface area contributed by atoms with Crippen LogP contribution in [0.2, 0.25) is 5.02 Å². The van der Waals surface area contributed by atoms with Crippen molar-refractivity contribution in [1.29, 1.82) is 0 Å². The van der Waals surface area contributed by atoms with E-state index >= 15 is 0 Å². The minimum Gasteiger partial charge on any atom is -0.480 e. The third-order valence-electron chi connectivity index (χ3n) is 3.41. The highest BCUT2D eigenvalue weighted by Gasteiger charge is 2.24. The Labute approximate surface area is 128 Å². The van der Waals surface area contributed by atoms with Crippen LogP contribution in [0.4, 0.5) is 5.69 Å². The number of amides is 1. The Morgan fingerprint density at radius 3 is 2.57 bits per heavy atom. The van der Waals surface area contributed by atoms with Gasteiger partial charge >= 0.3 is 5.97 Å². The number of anilines is 1. The fourth-order valence-corrected chi connectivity index (χ4v) is 2.48. The summed E-state index contributed by atoms with van der Waals surface area (Å²) in [6.07, 6.45) is 2.98. The van der Waals surface area contributed by atoms with E-state index < -0.39 is 5.97 Å². The molecule has 1 fully saturated rings. The summed E-state index contributed by atoms with van der Waals surface area (Å²) in [7, 11) is 0. The van der Waals surface area contributed by atoms with Gasteiger partial charge in [-0.05, 0) is 43.5 Å². The van der Waals surface area contributed by atoms with Crippen LogP contribution in [0, 0.1) is 0 Å². The Morgan fingerprint density at radius 2 is 2.00 bits per heavy atom. The molecule has 1 atom stereocenters. The van der Waals surface area contributed by atoms with E-state index in [9.17, 15) is 9.59 Å². The van der Waals surface area contributed by atoms with Gasteiger partial charge in [0.2, 0.25) is 5.91 Å². The van der Waals surface area contributed by atoms with Crippen molar-refractivity contribution in [2.45, 2.75) is 31.8 Å². The standard InChI is InChI=1S/C15H18ClNO4/c16-11-4-6-12(7-5-11)17(10-15(19)20)14(18)9-13-3-1-2-8-21-13/h4-7,13H,1-3,8-10H2,(H,19,20). The predicted octanol–water partition coefficient (Wildman–Crippen LogP) is 2.72. The van der Waals surface area contributed by atoms with Crippen molar-refractivity contribution in [1.82, 2.24) is 0 Å². The molecule has 6 heteroatoms. The van der Waals surface area contributed by atoms with Gasteiger partial charge in [-0.25, -0.2) is 0 Å². The van der Waals surface area contributed by atoms with Crippen LogP contribution in [0.5, 0.6) is 0 Å². The third kappa shape index (κ3) is 4.72. The van der Waals surface area contributed by atoms with E-state index in [0.717, 1.165) is 19.3 Å². The molecule has 0 bridgehead atoms. The van der Waals surface area contributed by atoms with Crippen LogP contribution in [0.25, 0.3) is 0 Å². The van der Waals surface area contributed by atoms with Crippen LogP contribution in [0.3, 0.4) is 0 Å². The summed E-state index contributed by atoms with van der Waals surface area (Å²) in [6, 6.07) is 6.56. The number of carbonyl (C=O) groups excluding carboxylic acids is 1. The van der Waals surface area contributed by atoms with Crippen molar-refractivity contribution in [3.05, 3.63) is 29.3 Å². The van der Waals surface area contributed by atoms with E-state index in [1.165, 1.54) is 4.90 Å². The molecular weight excluding hydrogens is 294 g/mol. The monoisotopic (exact) mass is 311 g/mol. The lowest BCUT2D eigenvalue weighted by Gasteiger charge is -2.26. The average molecular weight is 312 g/mol. The maximum absolute atomic E-state index is 12.4. The fraction of sp³-hybridized carbons (Fsp3) is 0.467. The summed E-state index contributed by atoms with van der Waals surface area (Å²) in [6.45, 7) is 0.297. The van der Waals surface area contributed by atoms with Gasteiger partial charge in [-0.1, -0.05) is 11.6 Å². The van der Waals surface area contributed by atoms with E-state index in [0.29, 0.717) is 17.3 Å². The number of halogens is 1. The van der Waals surface area contributed by atoms with Gasteiger partial charge in [-0.2, -0.15) is 0 Å². The molecule has 0 saturated carbocycles. The molecule has 114 valence electrons. The minimum absolute atomic E-state index is 0.116. The first-order valence-corrected chi connectivity index (χ1v) is 7.33. The van der Waals surface area contributed by atoms with E-state index in [2.05, 4.69) is 0 Å². The maximum atomic E-state index is 12.4. The topological polar surface area (TPSA) is 66.8 Å². The van der Waals surface area contributed by atoms with Crippen molar-refractivity contribution in [3.8, 4) is 0 Å². The number of hydrogen-bond donors (Lipinski definition) is 1. The van der Waals surface area contributed by atoms with E-state index in [1.54, 1.807) is 24.3 Å². The first kappa shape index (κ1) is 15.8. The Morgan fingerprint density at radius 1 is 1.29 bits per heavy atom. The Bertz CT molecular complexity index is 497. The zero-order chi connectivity index (χ0) is 15.2. The highest BCUT2D eigenvalue weighted by atomic mass is 35.5. The molecule has 1 aromatic carbocycles. The molecule has 2 rings (SSSR count). The van der Waals surface area contributed by atoms with Gasteiger partial charge in [0.1, 0.15) is 6.54 Å². The first-order chi connectivity index (χ1) is 10.1. The zero-order valence-corrected chi connectivity index (χ0v) is 12.4. The molecule has 0 aromatic heterocycles. The lowest BCUT2D eigenvalue weighted by molar-refractivity contribution is -0.137. The largest absolute Gasteiger partial charge is 0.480 e. The van der Waals surface area contributed by atoms with Gasteiger partial charge in [-0.15, -0.1) is 0 Å². The van der Waals surface area contributed by atoms with Crippen molar-refractivity contribution in [2.75, 3.05) is 18.1 Å². The van der Waals surface area contributed by atoms with E-state index in [1.807, 2.05) is 0 Å². The second-order valence-corrected chi connectivity index (χ2v) is 5.48. The van der Waals surface area contributed by atoms with Crippen LogP contribution in [0.1, 0.15) is 25.7 Å². The van der Waals surface area contributed by atoms with E-state index in [4.69, 9.17) is 21.4 Å². The highest BCUT2D eigenvalue weighted by molar-refractivity contribution is 6.30. The van der Waals surface area contributed by atoms with Gasteiger partial charge in [-0.3, -0.25) is 9.59 Å². The van der Waals surface area contributed by atoms with Crippen molar-refractivity contribution in [2.24, 2.45) is 0 Å². The second-order valence-electron chi connectivity index (χ2n) is 5.04. The number of carbonyl (C=O) groups is 2. The highest BCUT2D eigenvalue weighted by Crippen LogP contribution is 2.21. The van der Waals surface area contributed by atoms with Gasteiger partial charge in [0.25, 0.3) is 0 Å². The first-order valence-electron chi connectivity index (χ1n) is 6.95. The Balaban J connectivity index is 2.08. The third-order valence-corrected chi connectivity index (χ3v) is 3.66. The van der Waals surface area contributed by atoms with Gasteiger partial charge < -0.3 is 14.7 Å². The number of carboxylic acids is 1. The lowest BCUT2D eigenvalue weighted by atomic mass is 10.1. The summed E-state index contributed by atoms with van der Waals surface area (Å²) in [5.74, 6) is -1.30. The number of benzene rings is 1. The molecule has 5 nitrogen and oxygen atoms in total.